The first-order chi connectivity index (χ1) is 12.3. The third-order valence-electron chi connectivity index (χ3n) is 3.22. The number of anilines is 1. The second-order valence-corrected chi connectivity index (χ2v) is 7.43. The number of halogens is 3. The summed E-state index contributed by atoms with van der Waals surface area (Å²) in [4.78, 5) is 23.6. The fourth-order valence-electron chi connectivity index (χ4n) is 1.90. The van der Waals surface area contributed by atoms with Gasteiger partial charge in [0, 0.05) is 10.7 Å². The van der Waals surface area contributed by atoms with E-state index >= 15 is 0 Å². The van der Waals surface area contributed by atoms with Crippen LogP contribution >= 0.6 is 43.5 Å². The number of carbonyl (C=O) groups is 2. The Morgan fingerprint density at radius 3 is 2.46 bits per heavy atom. The van der Waals surface area contributed by atoms with E-state index in [2.05, 4.69) is 47.7 Å². The van der Waals surface area contributed by atoms with Crippen molar-refractivity contribution < 1.29 is 14.7 Å². The van der Waals surface area contributed by atoms with Gasteiger partial charge >= 0.3 is 0 Å². The number of amides is 2. The lowest BCUT2D eigenvalue weighted by Crippen LogP contribution is -2.24. The molecule has 0 atom stereocenters. The monoisotopic (exact) mass is 501 g/mol. The van der Waals surface area contributed by atoms with Gasteiger partial charge in [0.25, 0.3) is 0 Å². The summed E-state index contributed by atoms with van der Waals surface area (Å²) in [7, 11) is 0. The molecule has 0 unspecified atom stereocenters. The Labute approximate surface area is 171 Å². The Hall–Kier alpha value is -1.90. The number of phenols is 1. The van der Waals surface area contributed by atoms with E-state index in [-0.39, 0.29) is 12.2 Å². The van der Waals surface area contributed by atoms with E-state index in [1.165, 1.54) is 6.21 Å². The van der Waals surface area contributed by atoms with Crippen LogP contribution in [0, 0.1) is 6.92 Å². The summed E-state index contributed by atoms with van der Waals surface area (Å²) in [5.41, 5.74) is 4.32. The van der Waals surface area contributed by atoms with Crippen LogP contribution < -0.4 is 10.7 Å². The van der Waals surface area contributed by atoms with Crippen LogP contribution in [0.5, 0.6) is 5.75 Å². The molecule has 9 heteroatoms. The van der Waals surface area contributed by atoms with E-state index in [0.717, 1.165) is 5.56 Å². The molecule has 0 spiro atoms. The van der Waals surface area contributed by atoms with Crippen molar-refractivity contribution in [3.63, 3.8) is 0 Å². The molecule has 0 fully saturated rings. The van der Waals surface area contributed by atoms with Crippen LogP contribution in [-0.4, -0.2) is 23.1 Å². The van der Waals surface area contributed by atoms with Gasteiger partial charge in [-0.2, -0.15) is 5.10 Å². The van der Waals surface area contributed by atoms with E-state index in [9.17, 15) is 14.7 Å². The number of benzene rings is 2. The third-order valence-corrected chi connectivity index (χ3v) is 4.83. The highest BCUT2D eigenvalue weighted by atomic mass is 79.9. The summed E-state index contributed by atoms with van der Waals surface area (Å²) in [6.45, 7) is 1.85. The second-order valence-electron chi connectivity index (χ2n) is 5.32. The second kappa shape index (κ2) is 9.16. The average Bonchev–Trinajstić information content (AvgIpc) is 2.55. The lowest BCUT2D eigenvalue weighted by Gasteiger charge is -2.06. The van der Waals surface area contributed by atoms with Gasteiger partial charge in [-0.1, -0.05) is 17.7 Å². The van der Waals surface area contributed by atoms with Crippen LogP contribution in [0.25, 0.3) is 0 Å². The van der Waals surface area contributed by atoms with Gasteiger partial charge < -0.3 is 10.4 Å². The quantitative estimate of drug-likeness (QED) is 0.322. The van der Waals surface area contributed by atoms with Crippen molar-refractivity contribution in [3.05, 3.63) is 55.4 Å². The fraction of sp³-hybridized carbons (Fsp3) is 0.118. The molecule has 0 bridgehead atoms. The molecule has 2 rings (SSSR count). The zero-order chi connectivity index (χ0) is 19.3. The molecule has 0 aliphatic carbocycles. The van der Waals surface area contributed by atoms with Crippen LogP contribution in [-0.2, 0) is 9.59 Å². The summed E-state index contributed by atoms with van der Waals surface area (Å²) in [6, 6.07) is 8.35. The fourth-order valence-corrected chi connectivity index (χ4v) is 3.30. The summed E-state index contributed by atoms with van der Waals surface area (Å²) in [5.74, 6) is -0.972. The molecule has 6 nitrogen and oxygen atoms in total. The molecular weight excluding hydrogens is 489 g/mol. The molecule has 0 saturated carbocycles. The smallest absolute Gasteiger partial charge is 0.249 e. The van der Waals surface area contributed by atoms with Gasteiger partial charge in [-0.25, -0.2) is 5.43 Å². The molecule has 0 saturated heterocycles. The van der Waals surface area contributed by atoms with Crippen LogP contribution in [0.2, 0.25) is 5.02 Å². The van der Waals surface area contributed by atoms with Crippen LogP contribution in [0.3, 0.4) is 0 Å². The van der Waals surface area contributed by atoms with E-state index in [1.807, 2.05) is 6.92 Å². The van der Waals surface area contributed by atoms with Crippen LogP contribution in [0.15, 0.2) is 44.4 Å². The average molecular weight is 504 g/mol. The number of aromatic hydroxyl groups is 1. The summed E-state index contributed by atoms with van der Waals surface area (Å²) in [5, 5.41) is 16.6. The Morgan fingerprint density at radius 2 is 1.85 bits per heavy atom. The molecule has 2 amide bonds. The zero-order valence-corrected chi connectivity index (χ0v) is 17.4. The van der Waals surface area contributed by atoms with E-state index < -0.39 is 11.8 Å². The van der Waals surface area contributed by atoms with Crippen molar-refractivity contribution in [1.82, 2.24) is 5.43 Å². The number of aryl methyl sites for hydroxylation is 1. The number of hydrazone groups is 1. The largest absolute Gasteiger partial charge is 0.506 e. The van der Waals surface area contributed by atoms with E-state index in [0.29, 0.717) is 25.2 Å². The van der Waals surface area contributed by atoms with Gasteiger partial charge in [-0.15, -0.1) is 0 Å². The number of hydrogen-bond donors (Lipinski definition) is 3. The highest BCUT2D eigenvalue weighted by Crippen LogP contribution is 2.32. The molecule has 0 radical (unpaired) electrons. The van der Waals surface area contributed by atoms with Gasteiger partial charge in [0.2, 0.25) is 11.8 Å². The highest BCUT2D eigenvalue weighted by molar-refractivity contribution is 9.11. The van der Waals surface area contributed by atoms with E-state index in [4.69, 9.17) is 11.6 Å². The molecule has 0 heterocycles. The molecule has 2 aromatic carbocycles. The minimum Gasteiger partial charge on any atom is -0.506 e. The number of rotatable bonds is 5. The first-order valence-electron chi connectivity index (χ1n) is 7.32. The third kappa shape index (κ3) is 5.82. The standard InChI is InChI=1S/C17H14Br2ClN3O3/c1-9-2-3-11(6-14(9)20)22-15(24)7-16(25)23-21-8-10-4-12(18)17(26)13(19)5-10/h2-6,8,26H,7H2,1H3,(H,22,24)(H,23,25). The van der Waals surface area contributed by atoms with Crippen molar-refractivity contribution in [3.8, 4) is 5.75 Å². The topological polar surface area (TPSA) is 90.8 Å². The minimum absolute atomic E-state index is 0.0686. The highest BCUT2D eigenvalue weighted by Gasteiger charge is 2.10. The van der Waals surface area contributed by atoms with Crippen molar-refractivity contribution >= 4 is 67.2 Å². The Bertz CT molecular complexity index is 865. The summed E-state index contributed by atoms with van der Waals surface area (Å²) >= 11 is 12.4. The predicted molar refractivity (Wildman–Crippen MR) is 109 cm³/mol. The molecule has 0 aliphatic rings. The van der Waals surface area contributed by atoms with Crippen LogP contribution in [0.1, 0.15) is 17.5 Å². The maximum atomic E-state index is 11.9. The number of phenolic OH excluding ortho intramolecular Hbond substituents is 1. The van der Waals surface area contributed by atoms with Gasteiger partial charge in [0.15, 0.2) is 0 Å². The van der Waals surface area contributed by atoms with Crippen molar-refractivity contribution in [1.29, 1.82) is 0 Å². The maximum Gasteiger partial charge on any atom is 0.249 e. The Kier molecular flexibility index (Phi) is 7.19. The molecule has 136 valence electrons. The first kappa shape index (κ1) is 20.4. The lowest BCUT2D eigenvalue weighted by molar-refractivity contribution is -0.126. The minimum atomic E-state index is -0.561. The van der Waals surface area contributed by atoms with E-state index in [1.54, 1.807) is 30.3 Å². The lowest BCUT2D eigenvalue weighted by atomic mass is 10.2. The Balaban J connectivity index is 1.88. The maximum absolute atomic E-state index is 11.9. The van der Waals surface area contributed by atoms with Crippen LogP contribution in [0.4, 0.5) is 5.69 Å². The molecule has 26 heavy (non-hydrogen) atoms. The number of carbonyl (C=O) groups excluding carboxylic acids is 2. The van der Waals surface area contributed by atoms with Gasteiger partial charge in [-0.3, -0.25) is 9.59 Å². The number of hydrogen-bond acceptors (Lipinski definition) is 4. The van der Waals surface area contributed by atoms with Crippen molar-refractivity contribution in [2.45, 2.75) is 13.3 Å². The SMILES string of the molecule is Cc1ccc(NC(=O)CC(=O)NN=Cc2cc(Br)c(O)c(Br)c2)cc1Cl. The van der Waals surface area contributed by atoms with Gasteiger partial charge in [0.05, 0.1) is 15.2 Å². The predicted octanol–water partition coefficient (Wildman–Crippen LogP) is 4.36. The molecule has 3 N–H and O–H groups in total. The molecule has 2 aromatic rings. The molecule has 0 aromatic heterocycles. The molecular formula is C17H14Br2ClN3O3. The Morgan fingerprint density at radius 1 is 1.19 bits per heavy atom. The van der Waals surface area contributed by atoms with Crippen molar-refractivity contribution in [2.24, 2.45) is 5.10 Å². The number of nitrogens with zero attached hydrogens (tertiary/aromatic N) is 1. The van der Waals surface area contributed by atoms with Crippen molar-refractivity contribution in [2.75, 3.05) is 5.32 Å². The summed E-state index contributed by atoms with van der Waals surface area (Å²) < 4.78 is 0.964. The van der Waals surface area contributed by atoms with Gasteiger partial charge in [-0.05, 0) is 74.2 Å². The summed E-state index contributed by atoms with van der Waals surface area (Å²) in [6.07, 6.45) is 1.01. The number of nitrogens with one attached hydrogen (secondary N) is 2. The normalized spacial score (nSPS) is 10.8. The zero-order valence-electron chi connectivity index (χ0n) is 13.5. The first-order valence-corrected chi connectivity index (χ1v) is 9.28. The van der Waals surface area contributed by atoms with Gasteiger partial charge in [0.1, 0.15) is 12.2 Å². The molecule has 0 aliphatic heterocycles.